The van der Waals surface area contributed by atoms with Crippen LogP contribution in [0.25, 0.3) is 0 Å². The molecule has 20 heavy (non-hydrogen) atoms. The van der Waals surface area contributed by atoms with Gasteiger partial charge in [0.15, 0.2) is 0 Å². The van der Waals surface area contributed by atoms with Gasteiger partial charge in [-0.05, 0) is 24.6 Å². The Balaban J connectivity index is 2.91. The summed E-state index contributed by atoms with van der Waals surface area (Å²) in [6, 6.07) is 5.24. The normalized spacial score (nSPS) is 9.35. The van der Waals surface area contributed by atoms with Crippen molar-refractivity contribution in [2.75, 3.05) is 20.3 Å². The molecule has 0 bridgehead atoms. The lowest BCUT2D eigenvalue weighted by Gasteiger charge is -2.07. The molecular formula is C15H17NO4. The minimum Gasteiger partial charge on any atom is -0.468 e. The van der Waals surface area contributed by atoms with Gasteiger partial charge in [0.2, 0.25) is 0 Å². The van der Waals surface area contributed by atoms with Crippen molar-refractivity contribution in [3.63, 3.8) is 0 Å². The molecule has 0 saturated carbocycles. The van der Waals surface area contributed by atoms with Crippen molar-refractivity contribution in [2.45, 2.75) is 13.3 Å². The number of benzene rings is 1. The Morgan fingerprint density at radius 1 is 1.40 bits per heavy atom. The van der Waals surface area contributed by atoms with Crippen LogP contribution in [0.4, 0.5) is 0 Å². The van der Waals surface area contributed by atoms with Crippen LogP contribution < -0.4 is 5.32 Å². The molecule has 1 rings (SSSR count). The Morgan fingerprint density at radius 3 is 2.80 bits per heavy atom. The van der Waals surface area contributed by atoms with Gasteiger partial charge in [0.25, 0.3) is 5.91 Å². The highest BCUT2D eigenvalue weighted by Gasteiger charge is 2.11. The number of methoxy groups -OCH3 is 1. The zero-order valence-corrected chi connectivity index (χ0v) is 11.5. The first-order valence-electron chi connectivity index (χ1n) is 6.14. The number of amides is 1. The Morgan fingerprint density at radius 2 is 2.15 bits per heavy atom. The number of hydrogen-bond acceptors (Lipinski definition) is 4. The summed E-state index contributed by atoms with van der Waals surface area (Å²) in [7, 11) is 1.26. The van der Waals surface area contributed by atoms with E-state index in [-0.39, 0.29) is 19.1 Å². The van der Waals surface area contributed by atoms with E-state index in [0.717, 1.165) is 5.56 Å². The van der Waals surface area contributed by atoms with Crippen LogP contribution in [0, 0.1) is 18.8 Å². The van der Waals surface area contributed by atoms with E-state index in [4.69, 9.17) is 5.11 Å². The van der Waals surface area contributed by atoms with Crippen LogP contribution in [0.1, 0.15) is 27.9 Å². The van der Waals surface area contributed by atoms with Gasteiger partial charge >= 0.3 is 5.97 Å². The van der Waals surface area contributed by atoms with Gasteiger partial charge in [-0.1, -0.05) is 17.9 Å². The minimum atomic E-state index is -0.515. The monoisotopic (exact) mass is 275 g/mol. The van der Waals surface area contributed by atoms with Crippen molar-refractivity contribution in [1.29, 1.82) is 0 Å². The van der Waals surface area contributed by atoms with Crippen molar-refractivity contribution in [3.8, 4) is 11.8 Å². The molecule has 0 fully saturated rings. The molecule has 0 heterocycles. The fourth-order valence-corrected chi connectivity index (χ4v) is 1.49. The summed E-state index contributed by atoms with van der Waals surface area (Å²) < 4.78 is 4.46. The van der Waals surface area contributed by atoms with E-state index in [1.54, 1.807) is 18.2 Å². The van der Waals surface area contributed by atoms with Crippen molar-refractivity contribution >= 4 is 11.9 Å². The van der Waals surface area contributed by atoms with Crippen LogP contribution in [0.5, 0.6) is 0 Å². The predicted molar refractivity (Wildman–Crippen MR) is 74.1 cm³/mol. The van der Waals surface area contributed by atoms with Crippen molar-refractivity contribution in [3.05, 3.63) is 34.9 Å². The number of carbonyl (C=O) groups is 2. The lowest BCUT2D eigenvalue weighted by Crippen LogP contribution is -2.30. The van der Waals surface area contributed by atoms with E-state index < -0.39 is 5.97 Å². The Hall–Kier alpha value is -2.32. The molecule has 0 aliphatic rings. The van der Waals surface area contributed by atoms with Gasteiger partial charge in [0.1, 0.15) is 6.54 Å². The molecule has 5 heteroatoms. The molecule has 0 spiro atoms. The molecule has 0 saturated heterocycles. The summed E-state index contributed by atoms with van der Waals surface area (Å²) in [6.07, 6.45) is 0.344. The van der Waals surface area contributed by atoms with Gasteiger partial charge in [-0.25, -0.2) is 0 Å². The second-order valence-electron chi connectivity index (χ2n) is 4.08. The summed E-state index contributed by atoms with van der Waals surface area (Å²) in [5, 5.41) is 11.2. The predicted octanol–water partition coefficient (Wildman–Crippen LogP) is 0.632. The van der Waals surface area contributed by atoms with Gasteiger partial charge in [0.05, 0.1) is 19.3 Å². The molecule has 0 aromatic heterocycles. The van der Waals surface area contributed by atoms with Gasteiger partial charge in [-0.3, -0.25) is 9.59 Å². The van der Waals surface area contributed by atoms with Crippen LogP contribution >= 0.6 is 0 Å². The van der Waals surface area contributed by atoms with Gasteiger partial charge < -0.3 is 15.2 Å². The average molecular weight is 275 g/mol. The van der Waals surface area contributed by atoms with E-state index in [0.29, 0.717) is 17.5 Å². The zero-order chi connectivity index (χ0) is 15.0. The Bertz CT molecular complexity index is 555. The van der Waals surface area contributed by atoms with Gasteiger partial charge in [-0.2, -0.15) is 0 Å². The van der Waals surface area contributed by atoms with Crippen LogP contribution in [0.15, 0.2) is 18.2 Å². The van der Waals surface area contributed by atoms with Crippen LogP contribution in [0.2, 0.25) is 0 Å². The van der Waals surface area contributed by atoms with Crippen molar-refractivity contribution in [1.82, 2.24) is 5.32 Å². The van der Waals surface area contributed by atoms with Gasteiger partial charge in [-0.15, -0.1) is 0 Å². The molecule has 1 aromatic carbocycles. The highest BCUT2D eigenvalue weighted by molar-refractivity contribution is 5.98. The number of nitrogens with one attached hydrogen (secondary N) is 1. The molecule has 0 aliphatic heterocycles. The van der Waals surface area contributed by atoms with E-state index >= 15 is 0 Å². The third-order valence-corrected chi connectivity index (χ3v) is 2.50. The summed E-state index contributed by atoms with van der Waals surface area (Å²) in [4.78, 5) is 23.0. The maximum atomic E-state index is 12.0. The number of hydrogen-bond donors (Lipinski definition) is 2. The molecule has 1 amide bonds. The Kier molecular flexibility index (Phi) is 6.27. The molecular weight excluding hydrogens is 258 g/mol. The molecule has 2 N–H and O–H groups in total. The fourth-order valence-electron chi connectivity index (χ4n) is 1.49. The maximum absolute atomic E-state index is 12.0. The molecule has 0 aliphatic carbocycles. The number of ether oxygens (including phenoxy) is 1. The fraction of sp³-hybridized carbons (Fsp3) is 0.333. The molecule has 106 valence electrons. The number of rotatable bonds is 4. The third-order valence-electron chi connectivity index (χ3n) is 2.50. The summed E-state index contributed by atoms with van der Waals surface area (Å²) in [6.45, 7) is 1.68. The van der Waals surface area contributed by atoms with E-state index in [9.17, 15) is 9.59 Å². The summed E-state index contributed by atoms with van der Waals surface area (Å²) in [5.41, 5.74) is 1.94. The summed E-state index contributed by atoms with van der Waals surface area (Å²) in [5.74, 6) is 4.73. The third kappa shape index (κ3) is 4.75. The van der Waals surface area contributed by atoms with Crippen molar-refractivity contribution < 1.29 is 19.4 Å². The molecule has 0 radical (unpaired) electrons. The van der Waals surface area contributed by atoms with Crippen LogP contribution in [0.3, 0.4) is 0 Å². The zero-order valence-electron chi connectivity index (χ0n) is 11.5. The van der Waals surface area contributed by atoms with Crippen LogP contribution in [-0.4, -0.2) is 37.2 Å². The van der Waals surface area contributed by atoms with Crippen molar-refractivity contribution in [2.24, 2.45) is 0 Å². The van der Waals surface area contributed by atoms with E-state index in [2.05, 4.69) is 21.9 Å². The standard InChI is InChI=1S/C15H17NO4/c1-11-6-7-13(12(9-11)5-3-4-8-17)15(19)16-10-14(18)20-2/h6-7,9,17H,4,8,10H2,1-2H3,(H,16,19). The number of aliphatic hydroxyl groups is 1. The number of carbonyl (C=O) groups excluding carboxylic acids is 2. The lowest BCUT2D eigenvalue weighted by atomic mass is 10.0. The average Bonchev–Trinajstić information content (AvgIpc) is 2.44. The topological polar surface area (TPSA) is 75.6 Å². The van der Waals surface area contributed by atoms with E-state index in [1.807, 2.05) is 6.92 Å². The smallest absolute Gasteiger partial charge is 0.325 e. The molecule has 1 aromatic rings. The number of aryl methyl sites for hydroxylation is 1. The molecule has 0 atom stereocenters. The quantitative estimate of drug-likeness (QED) is 0.624. The summed E-state index contributed by atoms with van der Waals surface area (Å²) >= 11 is 0. The highest BCUT2D eigenvalue weighted by atomic mass is 16.5. The van der Waals surface area contributed by atoms with Gasteiger partial charge in [0, 0.05) is 12.0 Å². The number of aliphatic hydroxyl groups excluding tert-OH is 1. The first kappa shape index (κ1) is 15.7. The van der Waals surface area contributed by atoms with Crippen LogP contribution in [-0.2, 0) is 9.53 Å². The first-order valence-corrected chi connectivity index (χ1v) is 6.14. The molecule has 0 unspecified atom stereocenters. The second-order valence-corrected chi connectivity index (χ2v) is 4.08. The lowest BCUT2D eigenvalue weighted by molar-refractivity contribution is -0.139. The molecule has 5 nitrogen and oxygen atoms in total. The Labute approximate surface area is 117 Å². The second kappa shape index (κ2) is 7.97. The largest absolute Gasteiger partial charge is 0.468 e. The minimum absolute atomic E-state index is 0.0251. The number of esters is 1. The van der Waals surface area contributed by atoms with E-state index in [1.165, 1.54) is 7.11 Å². The highest BCUT2D eigenvalue weighted by Crippen LogP contribution is 2.10. The first-order chi connectivity index (χ1) is 9.58. The maximum Gasteiger partial charge on any atom is 0.325 e. The SMILES string of the molecule is COC(=O)CNC(=O)c1ccc(C)cc1C#CCCO.